The van der Waals surface area contributed by atoms with Gasteiger partial charge in [0.05, 0.1) is 12.8 Å². The molecule has 0 radical (unpaired) electrons. The Morgan fingerprint density at radius 2 is 2.00 bits per heavy atom. The van der Waals surface area contributed by atoms with Crippen LogP contribution < -0.4 is 10.1 Å². The van der Waals surface area contributed by atoms with E-state index in [-0.39, 0.29) is 5.91 Å². The van der Waals surface area contributed by atoms with Crippen LogP contribution in [0, 0.1) is 6.92 Å². The van der Waals surface area contributed by atoms with Gasteiger partial charge in [0.2, 0.25) is 0 Å². The van der Waals surface area contributed by atoms with Crippen molar-refractivity contribution < 1.29 is 9.53 Å². The number of aromatic nitrogens is 1. The minimum absolute atomic E-state index is 0.241. The van der Waals surface area contributed by atoms with Crippen LogP contribution in [-0.4, -0.2) is 18.0 Å². The van der Waals surface area contributed by atoms with E-state index in [4.69, 9.17) is 16.3 Å². The van der Waals surface area contributed by atoms with E-state index in [2.05, 4.69) is 10.3 Å². The molecule has 0 saturated carbocycles. The maximum atomic E-state index is 12.4. The predicted octanol–water partition coefficient (Wildman–Crippen LogP) is 4.39. The third kappa shape index (κ3) is 2.78. The summed E-state index contributed by atoms with van der Waals surface area (Å²) in [5.41, 5.74) is 3.10. The van der Waals surface area contributed by atoms with Crippen LogP contribution in [0.15, 0.2) is 42.5 Å². The van der Waals surface area contributed by atoms with Crippen molar-refractivity contribution in [3.8, 4) is 5.75 Å². The zero-order valence-electron chi connectivity index (χ0n) is 12.2. The number of aromatic amines is 1. The average Bonchev–Trinajstić information content (AvgIpc) is 2.90. The number of methoxy groups -OCH3 is 1. The lowest BCUT2D eigenvalue weighted by molar-refractivity contribution is 0.102. The first-order valence-corrected chi connectivity index (χ1v) is 7.19. The molecule has 0 bridgehead atoms. The quantitative estimate of drug-likeness (QED) is 0.753. The number of nitrogens with one attached hydrogen (secondary N) is 2. The molecule has 4 nitrogen and oxygen atoms in total. The summed E-state index contributed by atoms with van der Waals surface area (Å²) in [5.74, 6) is 0.319. The molecule has 1 heterocycles. The summed E-state index contributed by atoms with van der Waals surface area (Å²) >= 11 is 5.97. The number of H-pyrrole nitrogens is 1. The molecular weight excluding hydrogens is 300 g/mol. The summed E-state index contributed by atoms with van der Waals surface area (Å²) < 4.78 is 5.23. The first-order chi connectivity index (χ1) is 10.6. The highest BCUT2D eigenvalue weighted by Crippen LogP contribution is 2.28. The van der Waals surface area contributed by atoms with Gasteiger partial charge in [0, 0.05) is 15.9 Å². The van der Waals surface area contributed by atoms with Gasteiger partial charge in [-0.2, -0.15) is 0 Å². The van der Waals surface area contributed by atoms with E-state index in [9.17, 15) is 4.79 Å². The van der Waals surface area contributed by atoms with Gasteiger partial charge in [-0.15, -0.1) is 0 Å². The molecule has 2 N–H and O–H groups in total. The van der Waals surface area contributed by atoms with Crippen molar-refractivity contribution in [2.75, 3.05) is 12.4 Å². The van der Waals surface area contributed by atoms with Gasteiger partial charge in [0.15, 0.2) is 0 Å². The van der Waals surface area contributed by atoms with Crippen molar-refractivity contribution in [1.82, 2.24) is 4.98 Å². The number of anilines is 1. The highest BCUT2D eigenvalue weighted by Gasteiger charge is 2.13. The van der Waals surface area contributed by atoms with Crippen LogP contribution >= 0.6 is 11.6 Å². The average molecular weight is 315 g/mol. The van der Waals surface area contributed by atoms with Crippen LogP contribution in [-0.2, 0) is 0 Å². The minimum Gasteiger partial charge on any atom is -0.495 e. The van der Waals surface area contributed by atoms with E-state index in [1.54, 1.807) is 25.3 Å². The molecule has 3 aromatic rings. The van der Waals surface area contributed by atoms with E-state index >= 15 is 0 Å². The molecule has 3 rings (SSSR count). The van der Waals surface area contributed by atoms with Crippen molar-refractivity contribution in [3.05, 3.63) is 58.7 Å². The number of fused-ring (bicyclic) bond motifs is 1. The summed E-state index contributed by atoms with van der Waals surface area (Å²) in [4.78, 5) is 15.5. The molecule has 112 valence electrons. The maximum absolute atomic E-state index is 12.4. The number of rotatable bonds is 3. The van der Waals surface area contributed by atoms with E-state index in [1.807, 2.05) is 31.2 Å². The van der Waals surface area contributed by atoms with Crippen LogP contribution in [0.5, 0.6) is 5.75 Å². The largest absolute Gasteiger partial charge is 0.495 e. The predicted molar refractivity (Wildman–Crippen MR) is 89.0 cm³/mol. The Bertz CT molecular complexity index is 855. The summed E-state index contributed by atoms with van der Waals surface area (Å²) in [6, 6.07) is 12.9. The smallest absolute Gasteiger partial charge is 0.272 e. The van der Waals surface area contributed by atoms with Gasteiger partial charge in [-0.3, -0.25) is 4.79 Å². The summed E-state index contributed by atoms with van der Waals surface area (Å²) in [7, 11) is 1.55. The van der Waals surface area contributed by atoms with Crippen molar-refractivity contribution in [2.45, 2.75) is 6.92 Å². The molecular formula is C17H15ClN2O2. The molecule has 0 unspecified atom stereocenters. The fourth-order valence-electron chi connectivity index (χ4n) is 2.34. The second-order valence-corrected chi connectivity index (χ2v) is 5.51. The standard InChI is InChI=1S/C17H15ClN2O2/c1-10-3-5-13-11(7-10)8-15(19-13)17(21)20-14-9-12(18)4-6-16(14)22-2/h3-9,19H,1-2H3,(H,20,21). The lowest BCUT2D eigenvalue weighted by atomic mass is 10.2. The number of halogens is 1. The van der Waals surface area contributed by atoms with Gasteiger partial charge < -0.3 is 15.0 Å². The first-order valence-electron chi connectivity index (χ1n) is 6.81. The first kappa shape index (κ1) is 14.5. The molecule has 1 amide bonds. The molecule has 22 heavy (non-hydrogen) atoms. The molecule has 0 aliphatic carbocycles. The van der Waals surface area contributed by atoms with Gasteiger partial charge in [-0.05, 0) is 43.3 Å². The van der Waals surface area contributed by atoms with Gasteiger partial charge >= 0.3 is 0 Å². The molecule has 0 aliphatic heterocycles. The van der Waals surface area contributed by atoms with E-state index in [1.165, 1.54) is 0 Å². The normalized spacial score (nSPS) is 10.7. The molecule has 0 fully saturated rings. The van der Waals surface area contributed by atoms with Crippen molar-refractivity contribution >= 4 is 34.1 Å². The molecule has 5 heteroatoms. The van der Waals surface area contributed by atoms with Crippen LogP contribution in [0.3, 0.4) is 0 Å². The van der Waals surface area contributed by atoms with E-state index in [0.717, 1.165) is 16.5 Å². The summed E-state index contributed by atoms with van der Waals surface area (Å²) in [6.45, 7) is 2.02. The van der Waals surface area contributed by atoms with Crippen molar-refractivity contribution in [1.29, 1.82) is 0 Å². The minimum atomic E-state index is -0.241. The number of benzene rings is 2. The Hall–Kier alpha value is -2.46. The second kappa shape index (κ2) is 5.73. The number of ether oxygens (including phenoxy) is 1. The number of carbonyl (C=O) groups excluding carboxylic acids is 1. The fourth-order valence-corrected chi connectivity index (χ4v) is 2.51. The van der Waals surface area contributed by atoms with Crippen LogP contribution in [0.1, 0.15) is 16.1 Å². The Balaban J connectivity index is 1.91. The zero-order chi connectivity index (χ0) is 15.7. The number of carbonyl (C=O) groups is 1. The highest BCUT2D eigenvalue weighted by atomic mass is 35.5. The van der Waals surface area contributed by atoms with Gasteiger partial charge in [-0.1, -0.05) is 23.2 Å². The lowest BCUT2D eigenvalue weighted by Crippen LogP contribution is -2.13. The topological polar surface area (TPSA) is 54.1 Å². The third-order valence-corrected chi connectivity index (χ3v) is 3.67. The number of aryl methyl sites for hydroxylation is 1. The monoisotopic (exact) mass is 314 g/mol. The zero-order valence-corrected chi connectivity index (χ0v) is 13.0. The summed E-state index contributed by atoms with van der Waals surface area (Å²) in [6.07, 6.45) is 0. The van der Waals surface area contributed by atoms with Gasteiger partial charge in [0.1, 0.15) is 11.4 Å². The van der Waals surface area contributed by atoms with Crippen molar-refractivity contribution in [3.63, 3.8) is 0 Å². The van der Waals surface area contributed by atoms with Gasteiger partial charge in [-0.25, -0.2) is 0 Å². The Labute approximate surface area is 133 Å². The SMILES string of the molecule is COc1ccc(Cl)cc1NC(=O)c1cc2cc(C)ccc2[nH]1. The van der Waals surface area contributed by atoms with Crippen LogP contribution in [0.25, 0.3) is 10.9 Å². The molecule has 0 aliphatic rings. The molecule has 0 spiro atoms. The molecule has 0 atom stereocenters. The Morgan fingerprint density at radius 3 is 2.77 bits per heavy atom. The maximum Gasteiger partial charge on any atom is 0.272 e. The Kier molecular flexibility index (Phi) is 3.77. The highest BCUT2D eigenvalue weighted by molar-refractivity contribution is 6.31. The van der Waals surface area contributed by atoms with Crippen molar-refractivity contribution in [2.24, 2.45) is 0 Å². The summed E-state index contributed by atoms with van der Waals surface area (Å²) in [5, 5.41) is 4.35. The van der Waals surface area contributed by atoms with E-state index in [0.29, 0.717) is 22.2 Å². The molecule has 0 saturated heterocycles. The lowest BCUT2D eigenvalue weighted by Gasteiger charge is -2.09. The fraction of sp³-hybridized carbons (Fsp3) is 0.118. The molecule has 2 aromatic carbocycles. The Morgan fingerprint density at radius 1 is 1.18 bits per heavy atom. The van der Waals surface area contributed by atoms with Gasteiger partial charge in [0.25, 0.3) is 5.91 Å². The number of amides is 1. The second-order valence-electron chi connectivity index (χ2n) is 5.07. The molecule has 1 aromatic heterocycles. The number of hydrogen-bond donors (Lipinski definition) is 2. The third-order valence-electron chi connectivity index (χ3n) is 3.43. The van der Waals surface area contributed by atoms with Crippen LogP contribution in [0.2, 0.25) is 5.02 Å². The van der Waals surface area contributed by atoms with Crippen LogP contribution in [0.4, 0.5) is 5.69 Å². The number of hydrogen-bond acceptors (Lipinski definition) is 2. The van der Waals surface area contributed by atoms with E-state index < -0.39 is 0 Å².